The zero-order chi connectivity index (χ0) is 20.4. The van der Waals surface area contributed by atoms with E-state index in [4.69, 9.17) is 4.74 Å². The van der Waals surface area contributed by atoms with E-state index in [0.717, 1.165) is 16.8 Å². The zero-order valence-electron chi connectivity index (χ0n) is 16.2. The highest BCUT2D eigenvalue weighted by molar-refractivity contribution is 5.88. The molecule has 0 N–H and O–H groups in total. The largest absolute Gasteiger partial charge is 0.462 e. The molecule has 29 heavy (non-hydrogen) atoms. The molecule has 1 unspecified atom stereocenters. The molecule has 0 fully saturated rings. The summed E-state index contributed by atoms with van der Waals surface area (Å²) < 4.78 is 21.3. The molecule has 0 spiro atoms. The van der Waals surface area contributed by atoms with Crippen LogP contribution >= 0.6 is 0 Å². The van der Waals surface area contributed by atoms with Gasteiger partial charge in [-0.15, -0.1) is 0 Å². The van der Waals surface area contributed by atoms with Gasteiger partial charge in [0.1, 0.15) is 5.82 Å². The normalized spacial score (nSPS) is 12.1. The van der Waals surface area contributed by atoms with Gasteiger partial charge in [0.15, 0.2) is 5.65 Å². The highest BCUT2D eigenvalue weighted by Crippen LogP contribution is 2.29. The first-order valence-corrected chi connectivity index (χ1v) is 9.44. The van der Waals surface area contributed by atoms with Crippen molar-refractivity contribution in [3.05, 3.63) is 89.6 Å². The van der Waals surface area contributed by atoms with Gasteiger partial charge in [-0.1, -0.05) is 49.4 Å². The summed E-state index contributed by atoms with van der Waals surface area (Å²) in [5.41, 5.74) is 3.91. The second-order valence-corrected chi connectivity index (χ2v) is 6.76. The number of fused-ring (bicyclic) bond motifs is 1. The summed E-state index contributed by atoms with van der Waals surface area (Å²) in [6, 6.07) is 16.5. The summed E-state index contributed by atoms with van der Waals surface area (Å²) in [6.07, 6.45) is 3.06. The first-order chi connectivity index (χ1) is 14.1. The van der Waals surface area contributed by atoms with Crippen LogP contribution in [0.4, 0.5) is 4.39 Å². The van der Waals surface area contributed by atoms with Crippen molar-refractivity contribution in [1.82, 2.24) is 14.6 Å². The molecule has 0 radical (unpaired) electrons. The maximum atomic E-state index is 14.7. The Hall–Kier alpha value is -3.54. The van der Waals surface area contributed by atoms with E-state index in [2.05, 4.69) is 10.1 Å². The van der Waals surface area contributed by atoms with Crippen molar-refractivity contribution in [1.29, 1.82) is 0 Å². The number of nitrogens with zero attached hydrogens (tertiary/aromatic N) is 3. The van der Waals surface area contributed by atoms with Crippen LogP contribution in [0.25, 0.3) is 16.8 Å². The summed E-state index contributed by atoms with van der Waals surface area (Å²) in [7, 11) is 0. The van der Waals surface area contributed by atoms with Gasteiger partial charge in [-0.05, 0) is 24.1 Å². The standard InChI is InChI=1S/C23H20FN3O2/c1-3-29-23(28)18-13-25-22-12-21(26-27(22)14-18)15(2)17-9-10-19(20(24)11-17)16-7-5-4-6-8-16/h4-15H,3H2,1-2H3. The zero-order valence-corrected chi connectivity index (χ0v) is 16.2. The lowest BCUT2D eigenvalue weighted by atomic mass is 9.95. The molecule has 4 aromatic rings. The van der Waals surface area contributed by atoms with Gasteiger partial charge in [0.05, 0.1) is 17.9 Å². The highest BCUT2D eigenvalue weighted by atomic mass is 19.1. The summed E-state index contributed by atoms with van der Waals surface area (Å²) in [6.45, 7) is 4.01. The average Bonchev–Trinajstić information content (AvgIpc) is 3.17. The van der Waals surface area contributed by atoms with E-state index in [-0.39, 0.29) is 11.7 Å². The molecule has 0 aliphatic heterocycles. The fourth-order valence-corrected chi connectivity index (χ4v) is 3.25. The third-order valence-corrected chi connectivity index (χ3v) is 4.86. The van der Waals surface area contributed by atoms with Crippen LogP contribution in [0.2, 0.25) is 0 Å². The number of esters is 1. The summed E-state index contributed by atoms with van der Waals surface area (Å²) in [5, 5.41) is 4.53. The number of rotatable bonds is 5. The SMILES string of the molecule is CCOC(=O)c1cnc2cc(C(C)c3ccc(-c4ccccc4)c(F)c3)nn2c1. The minimum absolute atomic E-state index is 0.137. The molecular formula is C23H20FN3O2. The van der Waals surface area contributed by atoms with Gasteiger partial charge >= 0.3 is 5.97 Å². The van der Waals surface area contributed by atoms with E-state index < -0.39 is 5.97 Å². The number of aromatic nitrogens is 3. The van der Waals surface area contributed by atoms with Crippen molar-refractivity contribution >= 4 is 11.6 Å². The Bertz CT molecular complexity index is 1170. The molecule has 2 aromatic carbocycles. The van der Waals surface area contributed by atoms with Crippen molar-refractivity contribution in [3.8, 4) is 11.1 Å². The molecule has 2 heterocycles. The lowest BCUT2D eigenvalue weighted by Crippen LogP contribution is -2.07. The van der Waals surface area contributed by atoms with E-state index in [1.807, 2.05) is 49.4 Å². The molecule has 0 saturated carbocycles. The Morgan fingerprint density at radius 3 is 2.69 bits per heavy atom. The fraction of sp³-hybridized carbons (Fsp3) is 0.174. The number of hydrogen-bond acceptors (Lipinski definition) is 4. The van der Waals surface area contributed by atoms with Crippen LogP contribution in [0.1, 0.15) is 41.4 Å². The lowest BCUT2D eigenvalue weighted by Gasteiger charge is -2.11. The van der Waals surface area contributed by atoms with Crippen molar-refractivity contribution in [2.75, 3.05) is 6.61 Å². The Morgan fingerprint density at radius 1 is 1.17 bits per heavy atom. The maximum absolute atomic E-state index is 14.7. The number of halogens is 1. The van der Waals surface area contributed by atoms with Crippen molar-refractivity contribution in [2.45, 2.75) is 19.8 Å². The van der Waals surface area contributed by atoms with Gasteiger partial charge in [-0.2, -0.15) is 5.10 Å². The molecular weight excluding hydrogens is 369 g/mol. The molecule has 6 heteroatoms. The van der Waals surface area contributed by atoms with Gasteiger partial charge in [-0.25, -0.2) is 18.7 Å². The van der Waals surface area contributed by atoms with E-state index in [1.54, 1.807) is 29.8 Å². The van der Waals surface area contributed by atoms with E-state index in [1.165, 1.54) is 6.20 Å². The van der Waals surface area contributed by atoms with Crippen molar-refractivity contribution in [2.24, 2.45) is 0 Å². The third kappa shape index (κ3) is 3.74. The predicted octanol–water partition coefficient (Wildman–Crippen LogP) is 4.86. The molecule has 0 bridgehead atoms. The van der Waals surface area contributed by atoms with Gasteiger partial charge < -0.3 is 4.74 Å². The Kier molecular flexibility index (Phi) is 5.08. The topological polar surface area (TPSA) is 56.5 Å². The third-order valence-electron chi connectivity index (χ3n) is 4.86. The Morgan fingerprint density at radius 2 is 1.97 bits per heavy atom. The monoisotopic (exact) mass is 389 g/mol. The molecule has 2 aromatic heterocycles. The Labute approximate surface area is 167 Å². The lowest BCUT2D eigenvalue weighted by molar-refractivity contribution is 0.0525. The quantitative estimate of drug-likeness (QED) is 0.457. The Balaban J connectivity index is 1.64. The smallest absolute Gasteiger partial charge is 0.341 e. The minimum atomic E-state index is -0.439. The molecule has 1 atom stereocenters. The van der Waals surface area contributed by atoms with Gasteiger partial charge in [-0.3, -0.25) is 0 Å². The first kappa shape index (κ1) is 18.8. The second kappa shape index (κ2) is 7.83. The van der Waals surface area contributed by atoms with Crippen LogP contribution in [0.3, 0.4) is 0 Å². The number of hydrogen-bond donors (Lipinski definition) is 0. The molecule has 0 saturated heterocycles. The first-order valence-electron chi connectivity index (χ1n) is 9.44. The van der Waals surface area contributed by atoms with E-state index in [9.17, 15) is 9.18 Å². The molecule has 4 rings (SSSR count). The van der Waals surface area contributed by atoms with Crippen LogP contribution in [-0.4, -0.2) is 27.2 Å². The fourth-order valence-electron chi connectivity index (χ4n) is 3.25. The molecule has 0 aliphatic rings. The van der Waals surface area contributed by atoms with Crippen LogP contribution in [0.15, 0.2) is 67.0 Å². The van der Waals surface area contributed by atoms with Crippen LogP contribution in [-0.2, 0) is 4.74 Å². The number of carbonyl (C=O) groups is 1. The van der Waals surface area contributed by atoms with Crippen LogP contribution in [0, 0.1) is 5.82 Å². The maximum Gasteiger partial charge on any atom is 0.341 e. The number of ether oxygens (including phenoxy) is 1. The minimum Gasteiger partial charge on any atom is -0.462 e. The molecule has 146 valence electrons. The second-order valence-electron chi connectivity index (χ2n) is 6.76. The van der Waals surface area contributed by atoms with Crippen LogP contribution in [0.5, 0.6) is 0 Å². The average molecular weight is 389 g/mol. The number of carbonyl (C=O) groups excluding carboxylic acids is 1. The van der Waals surface area contributed by atoms with E-state index in [0.29, 0.717) is 23.4 Å². The van der Waals surface area contributed by atoms with Crippen LogP contribution < -0.4 is 0 Å². The summed E-state index contributed by atoms with van der Waals surface area (Å²) in [5.74, 6) is -0.848. The van der Waals surface area contributed by atoms with Gasteiger partial charge in [0.25, 0.3) is 0 Å². The summed E-state index contributed by atoms with van der Waals surface area (Å²) >= 11 is 0. The van der Waals surface area contributed by atoms with Gasteiger partial charge in [0, 0.05) is 29.9 Å². The van der Waals surface area contributed by atoms with Crippen molar-refractivity contribution in [3.63, 3.8) is 0 Å². The summed E-state index contributed by atoms with van der Waals surface area (Å²) in [4.78, 5) is 16.2. The molecule has 0 aliphatic carbocycles. The molecule has 5 nitrogen and oxygen atoms in total. The van der Waals surface area contributed by atoms with E-state index >= 15 is 0 Å². The van der Waals surface area contributed by atoms with Crippen molar-refractivity contribution < 1.29 is 13.9 Å². The highest BCUT2D eigenvalue weighted by Gasteiger charge is 2.17. The number of benzene rings is 2. The predicted molar refractivity (Wildman–Crippen MR) is 108 cm³/mol. The van der Waals surface area contributed by atoms with Gasteiger partial charge in [0.2, 0.25) is 0 Å². The molecule has 0 amide bonds.